The molecule has 1 aromatic carbocycles. The molecule has 0 saturated carbocycles. The maximum atomic E-state index is 12.0. The van der Waals surface area contributed by atoms with Crippen LogP contribution < -0.4 is 10.6 Å². The van der Waals surface area contributed by atoms with E-state index in [2.05, 4.69) is 10.6 Å². The van der Waals surface area contributed by atoms with Crippen molar-refractivity contribution in [2.45, 2.75) is 19.5 Å². The molecule has 2 rings (SSSR count). The highest BCUT2D eigenvalue weighted by molar-refractivity contribution is 7.07. The Balaban J connectivity index is 1.82. The fourth-order valence-electron chi connectivity index (χ4n) is 2.30. The molecule has 5 nitrogen and oxygen atoms in total. The summed E-state index contributed by atoms with van der Waals surface area (Å²) in [6.07, 6.45) is 0. The van der Waals surface area contributed by atoms with Crippen LogP contribution in [0, 0.1) is 6.92 Å². The Labute approximate surface area is 146 Å². The lowest BCUT2D eigenvalue weighted by Crippen LogP contribution is -2.42. The number of rotatable bonds is 6. The molecule has 2 N–H and O–H groups in total. The number of nitrogens with zero attached hydrogens (tertiary/aromatic N) is 1. The number of aryl methyl sites for hydroxylation is 1. The van der Waals surface area contributed by atoms with Gasteiger partial charge in [-0.15, -0.1) is 0 Å². The van der Waals surface area contributed by atoms with Crippen molar-refractivity contribution in [2.24, 2.45) is 0 Å². The fraction of sp³-hybridized carbons (Fsp3) is 0.333. The van der Waals surface area contributed by atoms with Crippen LogP contribution in [-0.4, -0.2) is 37.4 Å². The van der Waals surface area contributed by atoms with Crippen molar-refractivity contribution >= 4 is 23.2 Å². The molecule has 1 aromatic heterocycles. The van der Waals surface area contributed by atoms with Gasteiger partial charge in [0.25, 0.3) is 0 Å². The van der Waals surface area contributed by atoms with Crippen molar-refractivity contribution in [1.29, 1.82) is 0 Å². The number of hydrogen-bond donors (Lipinski definition) is 2. The van der Waals surface area contributed by atoms with Crippen molar-refractivity contribution in [2.75, 3.05) is 20.6 Å². The second kappa shape index (κ2) is 8.61. The third-order valence-corrected chi connectivity index (χ3v) is 4.49. The van der Waals surface area contributed by atoms with Gasteiger partial charge in [0.05, 0.1) is 6.04 Å². The lowest BCUT2D eigenvalue weighted by Gasteiger charge is -2.23. The highest BCUT2D eigenvalue weighted by atomic mass is 32.1. The molecular weight excluding hydrogens is 322 g/mol. The highest BCUT2D eigenvalue weighted by Crippen LogP contribution is 2.19. The molecule has 0 bridgehead atoms. The third kappa shape index (κ3) is 5.18. The molecule has 0 aliphatic rings. The average Bonchev–Trinajstić information content (AvgIpc) is 3.08. The minimum atomic E-state index is -0.613. The smallest absolute Gasteiger partial charge is 0.309 e. The summed E-state index contributed by atoms with van der Waals surface area (Å²) in [4.78, 5) is 25.9. The summed E-state index contributed by atoms with van der Waals surface area (Å²) < 4.78 is 0. The molecule has 0 aliphatic carbocycles. The van der Waals surface area contributed by atoms with E-state index in [4.69, 9.17) is 0 Å². The first-order valence-corrected chi connectivity index (χ1v) is 8.71. The summed E-state index contributed by atoms with van der Waals surface area (Å²) in [5, 5.41) is 9.40. The third-order valence-electron chi connectivity index (χ3n) is 3.79. The molecular formula is C18H23N3O2S. The van der Waals surface area contributed by atoms with Crippen LogP contribution in [0.25, 0.3) is 0 Å². The van der Waals surface area contributed by atoms with Gasteiger partial charge in [0.15, 0.2) is 0 Å². The number of amides is 2. The van der Waals surface area contributed by atoms with Crippen molar-refractivity contribution in [3.63, 3.8) is 0 Å². The molecule has 1 atom stereocenters. The van der Waals surface area contributed by atoms with Crippen molar-refractivity contribution in [1.82, 2.24) is 15.5 Å². The maximum absolute atomic E-state index is 12.0. The molecule has 0 aliphatic heterocycles. The lowest BCUT2D eigenvalue weighted by molar-refractivity contribution is -0.139. The Hall–Kier alpha value is -2.18. The van der Waals surface area contributed by atoms with Crippen LogP contribution in [0.1, 0.15) is 22.7 Å². The van der Waals surface area contributed by atoms with E-state index in [1.165, 1.54) is 0 Å². The normalized spacial score (nSPS) is 12.0. The Morgan fingerprint density at radius 2 is 1.75 bits per heavy atom. The van der Waals surface area contributed by atoms with E-state index < -0.39 is 11.8 Å². The summed E-state index contributed by atoms with van der Waals surface area (Å²) in [5.74, 6) is -1.22. The Morgan fingerprint density at radius 1 is 1.08 bits per heavy atom. The predicted octanol–water partition coefficient (Wildman–Crippen LogP) is 2.09. The predicted molar refractivity (Wildman–Crippen MR) is 96.8 cm³/mol. The van der Waals surface area contributed by atoms with E-state index >= 15 is 0 Å². The van der Waals surface area contributed by atoms with Gasteiger partial charge in [0.2, 0.25) is 0 Å². The molecule has 24 heavy (non-hydrogen) atoms. The van der Waals surface area contributed by atoms with Gasteiger partial charge in [-0.05, 0) is 49.0 Å². The van der Waals surface area contributed by atoms with Crippen LogP contribution in [0.5, 0.6) is 0 Å². The van der Waals surface area contributed by atoms with Gasteiger partial charge in [-0.1, -0.05) is 29.8 Å². The molecule has 1 heterocycles. The molecule has 6 heteroatoms. The SMILES string of the molecule is Cc1ccc(CNC(=O)C(=O)NC[C@@H](c2ccsc2)N(C)C)cc1. The van der Waals surface area contributed by atoms with E-state index in [1.54, 1.807) is 11.3 Å². The number of carbonyl (C=O) groups excluding carboxylic acids is 2. The van der Waals surface area contributed by atoms with Crippen LogP contribution in [0.3, 0.4) is 0 Å². The zero-order chi connectivity index (χ0) is 17.5. The number of carbonyl (C=O) groups is 2. The number of thiophene rings is 1. The quantitative estimate of drug-likeness (QED) is 0.788. The number of hydrogen-bond acceptors (Lipinski definition) is 4. The standard InChI is InChI=1S/C18H23N3O2S/c1-13-4-6-14(7-5-13)10-19-17(22)18(23)20-11-16(21(2)3)15-8-9-24-12-15/h4-9,12,16H,10-11H2,1-3H3,(H,19,22)(H,20,23)/t16-/m0/s1. The summed E-state index contributed by atoms with van der Waals surface area (Å²) >= 11 is 1.61. The fourth-order valence-corrected chi connectivity index (χ4v) is 3.01. The van der Waals surface area contributed by atoms with E-state index in [0.717, 1.165) is 16.7 Å². The summed E-state index contributed by atoms with van der Waals surface area (Å²) in [6.45, 7) is 2.74. The Kier molecular flexibility index (Phi) is 6.52. The largest absolute Gasteiger partial charge is 0.346 e. The summed E-state index contributed by atoms with van der Waals surface area (Å²) in [5.41, 5.74) is 3.25. The van der Waals surface area contributed by atoms with Gasteiger partial charge in [-0.3, -0.25) is 9.59 Å². The molecule has 0 unspecified atom stereocenters. The molecule has 0 spiro atoms. The lowest BCUT2D eigenvalue weighted by atomic mass is 10.1. The zero-order valence-corrected chi connectivity index (χ0v) is 15.0. The van der Waals surface area contributed by atoms with Crippen LogP contribution in [0.15, 0.2) is 41.1 Å². The molecule has 2 aromatic rings. The first-order chi connectivity index (χ1) is 11.5. The Morgan fingerprint density at radius 3 is 2.33 bits per heavy atom. The van der Waals surface area contributed by atoms with Crippen molar-refractivity contribution in [3.8, 4) is 0 Å². The highest BCUT2D eigenvalue weighted by Gasteiger charge is 2.18. The van der Waals surface area contributed by atoms with Gasteiger partial charge < -0.3 is 15.5 Å². The van der Waals surface area contributed by atoms with Crippen LogP contribution in [-0.2, 0) is 16.1 Å². The van der Waals surface area contributed by atoms with Gasteiger partial charge in [-0.25, -0.2) is 0 Å². The second-order valence-corrected chi connectivity index (χ2v) is 6.69. The average molecular weight is 345 g/mol. The topological polar surface area (TPSA) is 61.4 Å². The first-order valence-electron chi connectivity index (χ1n) is 7.77. The first kappa shape index (κ1) is 18.2. The minimum Gasteiger partial charge on any atom is -0.346 e. The van der Waals surface area contributed by atoms with E-state index in [1.807, 2.05) is 67.0 Å². The minimum absolute atomic E-state index is 0.0464. The molecule has 2 amide bonds. The van der Waals surface area contributed by atoms with Gasteiger partial charge >= 0.3 is 11.8 Å². The van der Waals surface area contributed by atoms with Gasteiger partial charge in [-0.2, -0.15) is 11.3 Å². The van der Waals surface area contributed by atoms with E-state index in [9.17, 15) is 9.59 Å². The van der Waals surface area contributed by atoms with Gasteiger partial charge in [0.1, 0.15) is 0 Å². The van der Waals surface area contributed by atoms with E-state index in [-0.39, 0.29) is 6.04 Å². The zero-order valence-electron chi connectivity index (χ0n) is 14.2. The molecule has 128 valence electrons. The van der Waals surface area contributed by atoms with Crippen molar-refractivity contribution in [3.05, 3.63) is 57.8 Å². The second-order valence-electron chi connectivity index (χ2n) is 5.91. The van der Waals surface area contributed by atoms with Crippen molar-refractivity contribution < 1.29 is 9.59 Å². The Bertz CT molecular complexity index is 666. The number of likely N-dealkylation sites (N-methyl/N-ethyl adjacent to an activating group) is 1. The molecule has 0 radical (unpaired) electrons. The molecule has 0 fully saturated rings. The maximum Gasteiger partial charge on any atom is 0.309 e. The number of nitrogens with one attached hydrogen (secondary N) is 2. The van der Waals surface area contributed by atoms with Gasteiger partial charge in [0, 0.05) is 13.1 Å². The van der Waals surface area contributed by atoms with Crippen LogP contribution in [0.4, 0.5) is 0 Å². The molecule has 0 saturated heterocycles. The van der Waals surface area contributed by atoms with E-state index in [0.29, 0.717) is 13.1 Å². The number of benzene rings is 1. The monoisotopic (exact) mass is 345 g/mol. The van der Waals surface area contributed by atoms with Crippen LogP contribution >= 0.6 is 11.3 Å². The van der Waals surface area contributed by atoms with Crippen LogP contribution in [0.2, 0.25) is 0 Å². The summed E-state index contributed by atoms with van der Waals surface area (Å²) in [7, 11) is 3.90. The summed E-state index contributed by atoms with van der Waals surface area (Å²) in [6, 6.07) is 9.90.